The predicted molar refractivity (Wildman–Crippen MR) is 114 cm³/mol. The molecule has 0 radical (unpaired) electrons. The second-order valence-corrected chi connectivity index (χ2v) is 7.87. The normalized spacial score (nSPS) is 12.9. The SMILES string of the molecule is CCOC(=O)N1CCc2c(sc(NC(=O)c3cnc4ccccc4n3)c2C(=O)OC)C1. The molecule has 9 nitrogen and oxygen atoms in total. The topological polar surface area (TPSA) is 111 Å². The van der Waals surface area contributed by atoms with Crippen molar-refractivity contribution in [2.45, 2.75) is 19.9 Å². The van der Waals surface area contributed by atoms with Crippen molar-refractivity contribution in [1.29, 1.82) is 0 Å². The number of nitrogens with one attached hydrogen (secondary N) is 1. The number of esters is 1. The number of ether oxygens (including phenoxy) is 2. The number of fused-ring (bicyclic) bond motifs is 2. The number of amides is 2. The summed E-state index contributed by atoms with van der Waals surface area (Å²) in [5.41, 5.74) is 2.50. The molecule has 0 unspecified atom stereocenters. The Kier molecular flexibility index (Phi) is 5.81. The van der Waals surface area contributed by atoms with Crippen molar-refractivity contribution in [1.82, 2.24) is 14.9 Å². The van der Waals surface area contributed by atoms with E-state index < -0.39 is 18.0 Å². The lowest BCUT2D eigenvalue weighted by Gasteiger charge is -2.26. The van der Waals surface area contributed by atoms with Crippen LogP contribution in [0.1, 0.15) is 38.2 Å². The molecule has 0 aliphatic carbocycles. The Balaban J connectivity index is 1.63. The van der Waals surface area contributed by atoms with E-state index in [9.17, 15) is 14.4 Å². The smallest absolute Gasteiger partial charge is 0.410 e. The number of hydrogen-bond acceptors (Lipinski definition) is 8. The fourth-order valence-corrected chi connectivity index (χ4v) is 4.66. The van der Waals surface area contributed by atoms with Crippen molar-refractivity contribution in [2.75, 3.05) is 25.6 Å². The Morgan fingerprint density at radius 3 is 2.74 bits per heavy atom. The molecule has 4 rings (SSSR count). The van der Waals surface area contributed by atoms with Crippen LogP contribution in [0, 0.1) is 0 Å². The average Bonchev–Trinajstić information content (AvgIpc) is 3.15. The fraction of sp³-hybridized carbons (Fsp3) is 0.286. The van der Waals surface area contributed by atoms with Gasteiger partial charge in [0.25, 0.3) is 5.91 Å². The van der Waals surface area contributed by atoms with Gasteiger partial charge in [0.1, 0.15) is 10.7 Å². The molecule has 10 heteroatoms. The maximum Gasteiger partial charge on any atom is 0.410 e. The molecule has 0 saturated carbocycles. The van der Waals surface area contributed by atoms with Gasteiger partial charge in [-0.15, -0.1) is 11.3 Å². The fourth-order valence-electron chi connectivity index (χ4n) is 3.41. The van der Waals surface area contributed by atoms with Crippen LogP contribution < -0.4 is 5.32 Å². The van der Waals surface area contributed by atoms with Gasteiger partial charge in [0.05, 0.1) is 43.1 Å². The monoisotopic (exact) mass is 440 g/mol. The zero-order chi connectivity index (χ0) is 22.0. The molecule has 1 aliphatic rings. The van der Waals surface area contributed by atoms with Crippen LogP contribution in [0.25, 0.3) is 11.0 Å². The lowest BCUT2D eigenvalue weighted by molar-refractivity contribution is 0.0600. The Bertz CT molecular complexity index is 1180. The number of benzene rings is 1. The molecule has 1 N–H and O–H groups in total. The highest BCUT2D eigenvalue weighted by molar-refractivity contribution is 7.17. The van der Waals surface area contributed by atoms with Gasteiger partial charge in [0.15, 0.2) is 0 Å². The van der Waals surface area contributed by atoms with Gasteiger partial charge in [-0.3, -0.25) is 9.78 Å². The third-order valence-electron chi connectivity index (χ3n) is 4.88. The highest BCUT2D eigenvalue weighted by Crippen LogP contribution is 2.38. The predicted octanol–water partition coefficient (Wildman–Crippen LogP) is 3.24. The molecule has 3 aromatic rings. The molecule has 0 atom stereocenters. The molecule has 160 valence electrons. The van der Waals surface area contributed by atoms with Crippen LogP contribution in [-0.2, 0) is 22.4 Å². The van der Waals surface area contributed by atoms with Gasteiger partial charge in [-0.1, -0.05) is 12.1 Å². The largest absolute Gasteiger partial charge is 0.465 e. The first-order valence-electron chi connectivity index (χ1n) is 9.69. The maximum absolute atomic E-state index is 12.8. The van der Waals surface area contributed by atoms with Crippen LogP contribution in [0.4, 0.5) is 9.80 Å². The van der Waals surface area contributed by atoms with E-state index in [1.165, 1.54) is 24.6 Å². The number of hydrogen-bond donors (Lipinski definition) is 1. The van der Waals surface area contributed by atoms with Gasteiger partial charge in [0.2, 0.25) is 0 Å². The lowest BCUT2D eigenvalue weighted by atomic mass is 10.0. The molecule has 2 amide bonds. The van der Waals surface area contributed by atoms with E-state index in [1.54, 1.807) is 17.9 Å². The number of nitrogens with zero attached hydrogens (tertiary/aromatic N) is 3. The number of para-hydroxylation sites is 2. The Hall–Kier alpha value is -3.53. The van der Waals surface area contributed by atoms with Crippen LogP contribution in [-0.4, -0.2) is 53.1 Å². The van der Waals surface area contributed by atoms with Crippen molar-refractivity contribution >= 4 is 45.3 Å². The molecule has 0 saturated heterocycles. The van der Waals surface area contributed by atoms with E-state index in [2.05, 4.69) is 15.3 Å². The second kappa shape index (κ2) is 8.68. The average molecular weight is 440 g/mol. The highest BCUT2D eigenvalue weighted by Gasteiger charge is 2.31. The summed E-state index contributed by atoms with van der Waals surface area (Å²) in [6, 6.07) is 7.24. The number of methoxy groups -OCH3 is 1. The van der Waals surface area contributed by atoms with Crippen LogP contribution in [0.3, 0.4) is 0 Å². The number of rotatable bonds is 4. The first-order chi connectivity index (χ1) is 15.0. The van der Waals surface area contributed by atoms with E-state index in [0.29, 0.717) is 41.1 Å². The maximum atomic E-state index is 12.8. The first-order valence-corrected chi connectivity index (χ1v) is 10.5. The number of anilines is 1. The Morgan fingerprint density at radius 2 is 2.00 bits per heavy atom. The van der Waals surface area contributed by atoms with Gasteiger partial charge < -0.3 is 19.7 Å². The molecular formula is C21H20N4O5S. The van der Waals surface area contributed by atoms with Crippen molar-refractivity contribution in [3.05, 3.63) is 52.2 Å². The summed E-state index contributed by atoms with van der Waals surface area (Å²) in [6.45, 7) is 2.75. The van der Waals surface area contributed by atoms with Gasteiger partial charge in [-0.2, -0.15) is 0 Å². The van der Waals surface area contributed by atoms with Crippen LogP contribution >= 0.6 is 11.3 Å². The van der Waals surface area contributed by atoms with Gasteiger partial charge in [-0.05, 0) is 31.0 Å². The van der Waals surface area contributed by atoms with Crippen molar-refractivity contribution in [2.24, 2.45) is 0 Å². The summed E-state index contributed by atoms with van der Waals surface area (Å²) in [4.78, 5) is 48.4. The van der Waals surface area contributed by atoms with E-state index in [-0.39, 0.29) is 12.3 Å². The zero-order valence-electron chi connectivity index (χ0n) is 17.0. The molecule has 3 heterocycles. The summed E-state index contributed by atoms with van der Waals surface area (Å²) in [7, 11) is 1.29. The van der Waals surface area contributed by atoms with E-state index in [0.717, 1.165) is 10.4 Å². The quantitative estimate of drug-likeness (QED) is 0.620. The molecule has 31 heavy (non-hydrogen) atoms. The van der Waals surface area contributed by atoms with Crippen LogP contribution in [0.5, 0.6) is 0 Å². The third kappa shape index (κ3) is 4.06. The van der Waals surface area contributed by atoms with Crippen molar-refractivity contribution in [3.63, 3.8) is 0 Å². The lowest BCUT2D eigenvalue weighted by Crippen LogP contribution is -2.36. The molecule has 0 bridgehead atoms. The molecule has 0 fully saturated rings. The molecule has 1 aliphatic heterocycles. The highest BCUT2D eigenvalue weighted by atomic mass is 32.1. The summed E-state index contributed by atoms with van der Waals surface area (Å²) < 4.78 is 10.0. The molecular weight excluding hydrogens is 420 g/mol. The number of carbonyl (C=O) groups excluding carboxylic acids is 3. The standard InChI is InChI=1S/C21H20N4O5S/c1-3-30-21(28)25-9-8-12-16(11-25)31-19(17(12)20(27)29-2)24-18(26)15-10-22-13-6-4-5-7-14(13)23-15/h4-7,10H,3,8-9,11H2,1-2H3,(H,24,26). The zero-order valence-corrected chi connectivity index (χ0v) is 17.8. The minimum Gasteiger partial charge on any atom is -0.465 e. The van der Waals surface area contributed by atoms with Crippen LogP contribution in [0.2, 0.25) is 0 Å². The third-order valence-corrected chi connectivity index (χ3v) is 6.01. The first kappa shape index (κ1) is 20.7. The Morgan fingerprint density at radius 1 is 1.23 bits per heavy atom. The van der Waals surface area contributed by atoms with E-state index in [1.807, 2.05) is 18.2 Å². The minimum absolute atomic E-state index is 0.133. The van der Waals surface area contributed by atoms with Gasteiger partial charge in [-0.25, -0.2) is 14.6 Å². The number of carbonyl (C=O) groups is 3. The molecule has 0 spiro atoms. The van der Waals surface area contributed by atoms with E-state index >= 15 is 0 Å². The number of aromatic nitrogens is 2. The number of thiophene rings is 1. The van der Waals surface area contributed by atoms with Crippen molar-refractivity contribution in [3.8, 4) is 0 Å². The van der Waals surface area contributed by atoms with E-state index in [4.69, 9.17) is 9.47 Å². The second-order valence-electron chi connectivity index (χ2n) is 6.77. The summed E-state index contributed by atoms with van der Waals surface area (Å²) in [5, 5.41) is 3.14. The van der Waals surface area contributed by atoms with Gasteiger partial charge in [0, 0.05) is 11.4 Å². The van der Waals surface area contributed by atoms with Crippen molar-refractivity contribution < 1.29 is 23.9 Å². The van der Waals surface area contributed by atoms with Crippen LogP contribution in [0.15, 0.2) is 30.5 Å². The summed E-state index contributed by atoms with van der Waals surface area (Å²) >= 11 is 1.24. The molecule has 1 aromatic carbocycles. The molecule has 2 aromatic heterocycles. The van der Waals surface area contributed by atoms with Gasteiger partial charge >= 0.3 is 12.1 Å². The minimum atomic E-state index is -0.540. The summed E-state index contributed by atoms with van der Waals surface area (Å²) in [6.07, 6.45) is 1.45. The summed E-state index contributed by atoms with van der Waals surface area (Å²) in [5.74, 6) is -1.02. The Labute approximate surface area is 182 Å².